The maximum Gasteiger partial charge on any atom is 0.261 e. The minimum Gasteiger partial charge on any atom is -0.387 e. The first kappa shape index (κ1) is 25.9. The first-order chi connectivity index (χ1) is 18.8. The minimum absolute atomic E-state index is 0.215. The molecule has 0 aliphatic carbocycles. The van der Waals surface area contributed by atoms with E-state index in [0.29, 0.717) is 33.1 Å². The second kappa shape index (κ2) is 10.3. The van der Waals surface area contributed by atoms with Gasteiger partial charge in [0.05, 0.1) is 22.8 Å². The van der Waals surface area contributed by atoms with Crippen LogP contribution in [0.5, 0.6) is 0 Å². The molecule has 6 rings (SSSR count). The Hall–Kier alpha value is -3.33. The van der Waals surface area contributed by atoms with Crippen molar-refractivity contribution in [2.45, 2.75) is 32.8 Å². The Morgan fingerprint density at radius 1 is 1.18 bits per heavy atom. The molecule has 2 aliphatic heterocycles. The summed E-state index contributed by atoms with van der Waals surface area (Å²) in [5.74, 6) is 0.499. The maximum atomic E-state index is 13.0. The molecule has 2 aromatic carbocycles. The van der Waals surface area contributed by atoms with Crippen molar-refractivity contribution in [3.63, 3.8) is 0 Å². The Bertz CT molecular complexity index is 1560. The Morgan fingerprint density at radius 3 is 2.82 bits per heavy atom. The Balaban J connectivity index is 1.26. The van der Waals surface area contributed by atoms with Crippen molar-refractivity contribution in [2.24, 2.45) is 5.41 Å². The van der Waals surface area contributed by atoms with Crippen LogP contribution in [0.2, 0.25) is 5.02 Å². The number of benzene rings is 2. The zero-order valence-electron chi connectivity index (χ0n) is 22.4. The molecule has 4 aromatic rings. The van der Waals surface area contributed by atoms with Crippen LogP contribution < -0.4 is 15.8 Å². The first-order valence-electron chi connectivity index (χ1n) is 13.7. The van der Waals surface area contributed by atoms with E-state index in [-0.39, 0.29) is 12.1 Å². The third-order valence-electron chi connectivity index (χ3n) is 8.45. The molecule has 0 amide bonds. The largest absolute Gasteiger partial charge is 0.387 e. The van der Waals surface area contributed by atoms with Crippen molar-refractivity contribution < 1.29 is 5.11 Å². The topological polar surface area (TPSA) is 100 Å². The number of rotatable bonds is 7. The fourth-order valence-corrected chi connectivity index (χ4v) is 6.46. The number of aliphatic hydroxyl groups is 1. The maximum absolute atomic E-state index is 13.0. The Morgan fingerprint density at radius 2 is 2.03 bits per heavy atom. The molecule has 0 bridgehead atoms. The summed E-state index contributed by atoms with van der Waals surface area (Å²) in [6.45, 7) is 10.2. The second-order valence-electron chi connectivity index (χ2n) is 11.1. The molecule has 4 heterocycles. The quantitative estimate of drug-likeness (QED) is 0.262. The monoisotopic (exact) mass is 546 g/mol. The van der Waals surface area contributed by atoms with Crippen molar-refractivity contribution >= 4 is 34.0 Å². The molecule has 2 aromatic heterocycles. The number of likely N-dealkylation sites (tertiary alicyclic amines) is 1. The molecule has 8 nitrogen and oxygen atoms in total. The van der Waals surface area contributed by atoms with Gasteiger partial charge in [-0.05, 0) is 74.3 Å². The molecular weight excluding hydrogens is 512 g/mol. The van der Waals surface area contributed by atoms with Gasteiger partial charge < -0.3 is 30.2 Å². The van der Waals surface area contributed by atoms with E-state index >= 15 is 0 Å². The van der Waals surface area contributed by atoms with Gasteiger partial charge in [0.15, 0.2) is 0 Å². The molecule has 1 unspecified atom stereocenters. The highest BCUT2D eigenvalue weighted by Crippen LogP contribution is 2.42. The smallest absolute Gasteiger partial charge is 0.261 e. The molecule has 9 heteroatoms. The number of aromatic amines is 2. The third kappa shape index (κ3) is 5.04. The number of imidazole rings is 1. The lowest BCUT2D eigenvalue weighted by atomic mass is 9.86. The Kier molecular flexibility index (Phi) is 6.87. The average Bonchev–Trinajstić information content (AvgIpc) is 3.66. The first-order valence-corrected chi connectivity index (χ1v) is 14.1. The number of aromatic nitrogens is 3. The van der Waals surface area contributed by atoms with Gasteiger partial charge in [-0.25, -0.2) is 4.98 Å². The average molecular weight is 547 g/mol. The second-order valence-corrected chi connectivity index (χ2v) is 11.5. The molecule has 2 atom stereocenters. The lowest BCUT2D eigenvalue weighted by Gasteiger charge is -2.25. The number of halogens is 1. The van der Waals surface area contributed by atoms with Crippen LogP contribution in [-0.2, 0) is 0 Å². The number of nitrogens with one attached hydrogen (secondary N) is 3. The van der Waals surface area contributed by atoms with E-state index in [1.807, 2.05) is 6.07 Å². The van der Waals surface area contributed by atoms with Crippen LogP contribution in [0.25, 0.3) is 22.4 Å². The summed E-state index contributed by atoms with van der Waals surface area (Å²) in [7, 11) is 0. The van der Waals surface area contributed by atoms with E-state index in [2.05, 4.69) is 51.1 Å². The van der Waals surface area contributed by atoms with Crippen LogP contribution in [0.3, 0.4) is 0 Å². The summed E-state index contributed by atoms with van der Waals surface area (Å²) in [4.78, 5) is 29.1. The van der Waals surface area contributed by atoms with Crippen LogP contribution in [0, 0.1) is 12.3 Å². The van der Waals surface area contributed by atoms with Crippen molar-refractivity contribution in [3.05, 3.63) is 75.2 Å². The number of H-pyrrole nitrogens is 2. The SMILES string of the molecule is CCN1CCC2(CCN(c3cc(C)c4nc(-c5c(NC[C@H](O)c6cccc(Cl)c6)cc[nH]c5=O)[nH]c4c3)C2)C1. The number of pyridine rings is 1. The van der Waals surface area contributed by atoms with E-state index < -0.39 is 6.10 Å². The molecule has 4 N–H and O–H groups in total. The van der Waals surface area contributed by atoms with Crippen molar-refractivity contribution in [1.29, 1.82) is 0 Å². The summed E-state index contributed by atoms with van der Waals surface area (Å²) >= 11 is 6.09. The van der Waals surface area contributed by atoms with Gasteiger partial charge in [-0.3, -0.25) is 4.79 Å². The summed E-state index contributed by atoms with van der Waals surface area (Å²) in [6.07, 6.45) is 3.30. The molecular formula is C30H35ClN6O2. The van der Waals surface area contributed by atoms with Crippen LogP contribution in [0.1, 0.15) is 37.0 Å². The zero-order valence-corrected chi connectivity index (χ0v) is 23.2. The number of hydrogen-bond donors (Lipinski definition) is 4. The zero-order chi connectivity index (χ0) is 27.1. The highest BCUT2D eigenvalue weighted by atomic mass is 35.5. The molecule has 39 heavy (non-hydrogen) atoms. The van der Waals surface area contributed by atoms with Gasteiger partial charge in [-0.15, -0.1) is 0 Å². The van der Waals surface area contributed by atoms with Crippen LogP contribution >= 0.6 is 11.6 Å². The Labute approximate surface area is 233 Å². The van der Waals surface area contributed by atoms with E-state index in [4.69, 9.17) is 16.6 Å². The summed E-state index contributed by atoms with van der Waals surface area (Å²) in [5, 5.41) is 14.5. The van der Waals surface area contributed by atoms with Gasteiger partial charge in [0.25, 0.3) is 5.56 Å². The molecule has 1 spiro atoms. The van der Waals surface area contributed by atoms with E-state index in [9.17, 15) is 9.90 Å². The van der Waals surface area contributed by atoms with Crippen molar-refractivity contribution in [3.8, 4) is 11.4 Å². The fraction of sp³-hybridized carbons (Fsp3) is 0.400. The number of anilines is 2. The number of fused-ring (bicyclic) bond motifs is 1. The highest BCUT2D eigenvalue weighted by Gasteiger charge is 2.43. The van der Waals surface area contributed by atoms with Crippen molar-refractivity contribution in [2.75, 3.05) is 49.5 Å². The predicted octanol–water partition coefficient (Wildman–Crippen LogP) is 4.95. The fourth-order valence-electron chi connectivity index (χ4n) is 6.26. The molecule has 2 saturated heterocycles. The van der Waals surface area contributed by atoms with Gasteiger partial charge in [0.1, 0.15) is 11.4 Å². The number of hydrogen-bond acceptors (Lipinski definition) is 6. The van der Waals surface area contributed by atoms with E-state index in [0.717, 1.165) is 36.2 Å². The predicted molar refractivity (Wildman–Crippen MR) is 158 cm³/mol. The third-order valence-corrected chi connectivity index (χ3v) is 8.68. The number of aryl methyl sites for hydroxylation is 1. The van der Waals surface area contributed by atoms with E-state index in [1.54, 1.807) is 30.5 Å². The molecule has 0 saturated carbocycles. The van der Waals surface area contributed by atoms with E-state index in [1.165, 1.54) is 31.6 Å². The van der Waals surface area contributed by atoms with Crippen molar-refractivity contribution in [1.82, 2.24) is 19.9 Å². The lowest BCUT2D eigenvalue weighted by Crippen LogP contribution is -2.30. The summed E-state index contributed by atoms with van der Waals surface area (Å²) in [6, 6.07) is 13.3. The van der Waals surface area contributed by atoms with Gasteiger partial charge >= 0.3 is 0 Å². The van der Waals surface area contributed by atoms with Gasteiger partial charge in [-0.2, -0.15) is 0 Å². The number of aliphatic hydroxyl groups excluding tert-OH is 1. The molecule has 0 radical (unpaired) electrons. The van der Waals surface area contributed by atoms with Crippen LogP contribution in [-0.4, -0.2) is 64.2 Å². The van der Waals surface area contributed by atoms with Gasteiger partial charge in [0, 0.05) is 48.5 Å². The van der Waals surface area contributed by atoms with Gasteiger partial charge in [-0.1, -0.05) is 30.7 Å². The molecule has 2 fully saturated rings. The van der Waals surface area contributed by atoms with Crippen LogP contribution in [0.4, 0.5) is 11.4 Å². The molecule has 204 valence electrons. The summed E-state index contributed by atoms with van der Waals surface area (Å²) in [5.41, 5.74) is 5.90. The van der Waals surface area contributed by atoms with Gasteiger partial charge in [0.2, 0.25) is 0 Å². The summed E-state index contributed by atoms with van der Waals surface area (Å²) < 4.78 is 0. The number of nitrogens with zero attached hydrogens (tertiary/aromatic N) is 3. The normalized spacial score (nSPS) is 20.4. The minimum atomic E-state index is -0.788. The van der Waals surface area contributed by atoms with Crippen LogP contribution in [0.15, 0.2) is 53.5 Å². The standard InChI is InChI=1S/C30H35ClN6O2/c1-3-36-11-8-30(17-36)9-12-37(18-30)22-13-19(2)27-24(15-22)34-28(35-27)26-23(7-10-32-29(26)39)33-16-25(38)20-5-4-6-21(31)14-20/h4-7,10,13-15,25,38H,3,8-9,11-12,16-18H2,1-2H3,(H,34,35)(H2,32,33,39)/t25-,30?/m0/s1. The lowest BCUT2D eigenvalue weighted by molar-refractivity contribution is 0.191. The molecule has 2 aliphatic rings. The highest BCUT2D eigenvalue weighted by molar-refractivity contribution is 6.30.